The summed E-state index contributed by atoms with van der Waals surface area (Å²) < 4.78 is 5.71. The van der Waals surface area contributed by atoms with E-state index in [9.17, 15) is 4.79 Å². The summed E-state index contributed by atoms with van der Waals surface area (Å²) >= 11 is 7.92. The number of allylic oxidation sites excluding steroid dienone is 1. The number of aryl methyl sites for hydroxylation is 1. The molecular formula is C25H21ClN4O2S. The van der Waals surface area contributed by atoms with Crippen molar-refractivity contribution in [3.05, 3.63) is 99.3 Å². The van der Waals surface area contributed by atoms with E-state index in [-0.39, 0.29) is 6.03 Å². The lowest BCUT2D eigenvalue weighted by atomic mass is 9.94. The minimum absolute atomic E-state index is 0.209. The number of urea groups is 1. The fourth-order valence-electron chi connectivity index (χ4n) is 3.89. The van der Waals surface area contributed by atoms with Crippen molar-refractivity contribution in [3.8, 4) is 10.7 Å². The monoisotopic (exact) mass is 476 g/mol. The molecule has 0 spiro atoms. The van der Waals surface area contributed by atoms with Crippen LogP contribution in [0.25, 0.3) is 16.3 Å². The summed E-state index contributed by atoms with van der Waals surface area (Å²) in [6.45, 7) is 4.26. The van der Waals surface area contributed by atoms with Gasteiger partial charge in [-0.15, -0.1) is 11.3 Å². The number of amides is 2. The number of nitrogens with one attached hydrogen (secondary N) is 1. The lowest BCUT2D eigenvalue weighted by Crippen LogP contribution is -2.45. The van der Waals surface area contributed by atoms with Gasteiger partial charge in [-0.1, -0.05) is 70.9 Å². The summed E-state index contributed by atoms with van der Waals surface area (Å²) in [5, 5.41) is 9.90. The van der Waals surface area contributed by atoms with Crippen LogP contribution in [-0.2, 0) is 6.54 Å². The molecule has 6 nitrogen and oxygen atoms in total. The Morgan fingerprint density at radius 3 is 2.61 bits per heavy atom. The van der Waals surface area contributed by atoms with Gasteiger partial charge in [0.05, 0.1) is 23.0 Å². The topological polar surface area (TPSA) is 71.3 Å². The highest BCUT2D eigenvalue weighted by Crippen LogP contribution is 2.38. The van der Waals surface area contributed by atoms with Crippen LogP contribution in [0.1, 0.15) is 35.5 Å². The highest BCUT2D eigenvalue weighted by Gasteiger charge is 2.36. The molecule has 4 aromatic rings. The summed E-state index contributed by atoms with van der Waals surface area (Å²) in [4.78, 5) is 20.5. The fourth-order valence-corrected chi connectivity index (χ4v) is 4.74. The second-order valence-corrected chi connectivity index (χ2v) is 9.23. The predicted molar refractivity (Wildman–Crippen MR) is 130 cm³/mol. The van der Waals surface area contributed by atoms with Gasteiger partial charge < -0.3 is 9.84 Å². The molecule has 1 atom stereocenters. The largest absolute Gasteiger partial charge is 0.334 e. The third kappa shape index (κ3) is 4.17. The zero-order valence-corrected chi connectivity index (χ0v) is 19.7. The third-order valence-electron chi connectivity index (χ3n) is 5.69. The number of aromatic nitrogens is 2. The van der Waals surface area contributed by atoms with E-state index in [4.69, 9.17) is 16.1 Å². The van der Waals surface area contributed by atoms with E-state index in [1.807, 2.05) is 79.9 Å². The van der Waals surface area contributed by atoms with E-state index in [0.717, 1.165) is 32.8 Å². The predicted octanol–water partition coefficient (Wildman–Crippen LogP) is 6.46. The first-order valence-electron chi connectivity index (χ1n) is 10.5. The summed E-state index contributed by atoms with van der Waals surface area (Å²) in [7, 11) is 0. The smallest absolute Gasteiger partial charge is 0.322 e. The summed E-state index contributed by atoms with van der Waals surface area (Å²) in [5.41, 5.74) is 4.44. The molecule has 2 aromatic heterocycles. The molecule has 1 aliphatic heterocycles. The standard InChI is InChI=1S/C25H21ClN4O2S/c1-15-9-11-17(12-10-15)22-21(24-28-23(29-32-24)20-8-5-13-33-20)16(2)30(25(31)27-22)14-18-6-3-4-7-19(18)26/h3-13,22H,14H2,1-2H3,(H,27,31). The second-order valence-electron chi connectivity index (χ2n) is 7.87. The molecule has 166 valence electrons. The van der Waals surface area contributed by atoms with Gasteiger partial charge in [0.25, 0.3) is 5.89 Å². The Bertz CT molecular complexity index is 1330. The molecule has 1 unspecified atom stereocenters. The maximum Gasteiger partial charge on any atom is 0.322 e. The number of carbonyl (C=O) groups is 1. The van der Waals surface area contributed by atoms with E-state index in [2.05, 4.69) is 15.5 Å². The Morgan fingerprint density at radius 1 is 1.09 bits per heavy atom. The third-order valence-corrected chi connectivity index (χ3v) is 6.93. The molecule has 3 heterocycles. The summed E-state index contributed by atoms with van der Waals surface area (Å²) in [6.07, 6.45) is 0. The normalized spacial score (nSPS) is 16.3. The molecule has 1 aliphatic rings. The van der Waals surface area contributed by atoms with E-state index in [0.29, 0.717) is 23.3 Å². The van der Waals surface area contributed by atoms with Gasteiger partial charge in [0, 0.05) is 10.7 Å². The Kier molecular flexibility index (Phi) is 5.74. The Balaban J connectivity index is 1.61. The van der Waals surface area contributed by atoms with Gasteiger partial charge >= 0.3 is 6.03 Å². The Labute approximate surface area is 200 Å². The molecule has 0 radical (unpaired) electrons. The first kappa shape index (κ1) is 21.4. The molecule has 0 saturated heterocycles. The van der Waals surface area contributed by atoms with Crippen molar-refractivity contribution in [2.24, 2.45) is 0 Å². The minimum Gasteiger partial charge on any atom is -0.334 e. The van der Waals surface area contributed by atoms with Crippen molar-refractivity contribution in [3.63, 3.8) is 0 Å². The van der Waals surface area contributed by atoms with Crippen LogP contribution in [0.4, 0.5) is 4.79 Å². The van der Waals surface area contributed by atoms with Crippen LogP contribution < -0.4 is 5.32 Å². The van der Waals surface area contributed by atoms with Crippen molar-refractivity contribution in [2.75, 3.05) is 0 Å². The quantitative estimate of drug-likeness (QED) is 0.359. The fraction of sp³-hybridized carbons (Fsp3) is 0.160. The van der Waals surface area contributed by atoms with Crippen LogP contribution >= 0.6 is 22.9 Å². The average Bonchev–Trinajstić information content (AvgIpc) is 3.50. The lowest BCUT2D eigenvalue weighted by molar-refractivity contribution is 0.203. The Morgan fingerprint density at radius 2 is 1.88 bits per heavy atom. The molecular weight excluding hydrogens is 456 g/mol. The molecule has 8 heteroatoms. The number of hydrogen-bond donors (Lipinski definition) is 1. The van der Waals surface area contributed by atoms with Crippen molar-refractivity contribution in [1.29, 1.82) is 0 Å². The Hall–Kier alpha value is -3.42. The van der Waals surface area contributed by atoms with Crippen LogP contribution in [0, 0.1) is 6.92 Å². The second kappa shape index (κ2) is 8.84. The first-order chi connectivity index (χ1) is 16.0. The van der Waals surface area contributed by atoms with E-state index < -0.39 is 6.04 Å². The van der Waals surface area contributed by atoms with Crippen LogP contribution in [0.5, 0.6) is 0 Å². The highest BCUT2D eigenvalue weighted by atomic mass is 35.5. The number of benzene rings is 2. The van der Waals surface area contributed by atoms with Crippen molar-refractivity contribution in [1.82, 2.24) is 20.4 Å². The zero-order chi connectivity index (χ0) is 22.9. The number of halogens is 1. The van der Waals surface area contributed by atoms with E-state index in [1.165, 1.54) is 0 Å². The number of carbonyl (C=O) groups excluding carboxylic acids is 1. The van der Waals surface area contributed by atoms with Gasteiger partial charge in [0.15, 0.2) is 0 Å². The molecule has 5 rings (SSSR count). The van der Waals surface area contributed by atoms with Gasteiger partial charge in [0.2, 0.25) is 5.82 Å². The van der Waals surface area contributed by atoms with Gasteiger partial charge in [-0.3, -0.25) is 4.90 Å². The van der Waals surface area contributed by atoms with Crippen molar-refractivity contribution >= 4 is 34.5 Å². The summed E-state index contributed by atoms with van der Waals surface area (Å²) in [5.74, 6) is 0.906. The molecule has 2 amide bonds. The van der Waals surface area contributed by atoms with Crippen LogP contribution in [-0.4, -0.2) is 21.1 Å². The SMILES string of the molecule is CC1=C(c2nc(-c3cccs3)no2)C(c2ccc(C)cc2)NC(=O)N1Cc1ccccc1Cl. The van der Waals surface area contributed by atoms with Gasteiger partial charge in [-0.05, 0) is 42.5 Å². The number of nitrogens with zero attached hydrogens (tertiary/aromatic N) is 3. The maximum atomic E-state index is 13.2. The molecule has 0 aliphatic carbocycles. The van der Waals surface area contributed by atoms with Crippen LogP contribution in [0.3, 0.4) is 0 Å². The summed E-state index contributed by atoms with van der Waals surface area (Å²) in [6, 6.07) is 18.8. The maximum absolute atomic E-state index is 13.2. The number of thiophene rings is 1. The molecule has 1 N–H and O–H groups in total. The molecule has 0 saturated carbocycles. The molecule has 0 fully saturated rings. The van der Waals surface area contributed by atoms with Crippen LogP contribution in [0.15, 0.2) is 76.3 Å². The van der Waals surface area contributed by atoms with Gasteiger partial charge in [-0.25, -0.2) is 4.79 Å². The lowest BCUT2D eigenvalue weighted by Gasteiger charge is -2.35. The molecule has 0 bridgehead atoms. The van der Waals surface area contributed by atoms with E-state index >= 15 is 0 Å². The number of hydrogen-bond acceptors (Lipinski definition) is 5. The zero-order valence-electron chi connectivity index (χ0n) is 18.1. The first-order valence-corrected chi connectivity index (χ1v) is 11.7. The molecule has 33 heavy (non-hydrogen) atoms. The van der Waals surface area contributed by atoms with Gasteiger partial charge in [-0.2, -0.15) is 4.98 Å². The van der Waals surface area contributed by atoms with Crippen molar-refractivity contribution in [2.45, 2.75) is 26.4 Å². The number of rotatable bonds is 5. The van der Waals surface area contributed by atoms with Crippen LogP contribution in [0.2, 0.25) is 5.02 Å². The van der Waals surface area contributed by atoms with E-state index in [1.54, 1.807) is 16.2 Å². The van der Waals surface area contributed by atoms with Crippen molar-refractivity contribution < 1.29 is 9.32 Å². The van der Waals surface area contributed by atoms with Gasteiger partial charge in [0.1, 0.15) is 0 Å². The minimum atomic E-state index is -0.419. The average molecular weight is 477 g/mol. The molecule has 2 aromatic carbocycles. The highest BCUT2D eigenvalue weighted by molar-refractivity contribution is 7.13.